The third-order valence-corrected chi connectivity index (χ3v) is 2.14. The summed E-state index contributed by atoms with van der Waals surface area (Å²) >= 11 is 0. The van der Waals surface area contributed by atoms with E-state index in [-0.39, 0.29) is 5.91 Å². The Labute approximate surface area is 81.3 Å². The van der Waals surface area contributed by atoms with Gasteiger partial charge in [-0.25, -0.2) is 0 Å². The van der Waals surface area contributed by atoms with E-state index in [1.54, 1.807) is 7.05 Å². The fourth-order valence-corrected chi connectivity index (χ4v) is 1.17. The first kappa shape index (κ1) is 12.4. The minimum atomic E-state index is -0.442. The zero-order chi connectivity index (χ0) is 10.3. The number of likely N-dealkylation sites (N-methyl/N-ethyl adjacent to an activating group) is 1. The Kier molecular flexibility index (Phi) is 5.71. The minimum absolute atomic E-state index is 0.0454. The highest BCUT2D eigenvalue weighted by atomic mass is 16.2. The largest absolute Gasteiger partial charge is 0.358 e. The van der Waals surface area contributed by atoms with Crippen molar-refractivity contribution in [3.63, 3.8) is 0 Å². The Balaban J connectivity index is 3.69. The molecule has 0 aliphatic heterocycles. The van der Waals surface area contributed by atoms with E-state index in [1.165, 1.54) is 12.8 Å². The average Bonchev–Trinajstić information content (AvgIpc) is 2.11. The van der Waals surface area contributed by atoms with Gasteiger partial charge in [0.15, 0.2) is 0 Å². The van der Waals surface area contributed by atoms with Crippen molar-refractivity contribution in [2.45, 2.75) is 45.6 Å². The van der Waals surface area contributed by atoms with Crippen molar-refractivity contribution in [1.29, 1.82) is 0 Å². The predicted octanol–water partition coefficient (Wildman–Crippen LogP) is 1.29. The summed E-state index contributed by atoms with van der Waals surface area (Å²) in [5.74, 6) is 0.0454. The molecular weight excluding hydrogens is 164 g/mol. The molecule has 1 amide bonds. The van der Waals surface area contributed by atoms with Gasteiger partial charge in [-0.15, -0.1) is 0 Å². The molecule has 13 heavy (non-hydrogen) atoms. The molecule has 0 spiro atoms. The molecule has 3 heteroatoms. The van der Waals surface area contributed by atoms with E-state index >= 15 is 0 Å². The SMILES string of the molecule is CCCCCNC(C)(C)C(=O)NC. The lowest BCUT2D eigenvalue weighted by Gasteiger charge is -2.24. The molecule has 0 aliphatic carbocycles. The number of carbonyl (C=O) groups is 1. The molecule has 0 aromatic rings. The van der Waals surface area contributed by atoms with Crippen LogP contribution in [0.15, 0.2) is 0 Å². The van der Waals surface area contributed by atoms with Crippen LogP contribution in [0.25, 0.3) is 0 Å². The van der Waals surface area contributed by atoms with Crippen molar-refractivity contribution < 1.29 is 4.79 Å². The van der Waals surface area contributed by atoms with E-state index in [0.717, 1.165) is 13.0 Å². The maximum Gasteiger partial charge on any atom is 0.239 e. The quantitative estimate of drug-likeness (QED) is 0.614. The van der Waals surface area contributed by atoms with Crippen molar-refractivity contribution in [2.24, 2.45) is 0 Å². The Bertz CT molecular complexity index is 155. The molecule has 78 valence electrons. The van der Waals surface area contributed by atoms with Crippen molar-refractivity contribution in [2.75, 3.05) is 13.6 Å². The number of hydrogen-bond donors (Lipinski definition) is 2. The third kappa shape index (κ3) is 4.88. The molecule has 0 unspecified atom stereocenters. The summed E-state index contributed by atoms with van der Waals surface area (Å²) in [4.78, 5) is 11.3. The Morgan fingerprint density at radius 2 is 1.92 bits per heavy atom. The summed E-state index contributed by atoms with van der Waals surface area (Å²) in [6.45, 7) is 6.88. The third-order valence-electron chi connectivity index (χ3n) is 2.14. The lowest BCUT2D eigenvalue weighted by atomic mass is 10.0. The van der Waals surface area contributed by atoms with Gasteiger partial charge in [-0.05, 0) is 26.8 Å². The van der Waals surface area contributed by atoms with Crippen LogP contribution in [0.2, 0.25) is 0 Å². The smallest absolute Gasteiger partial charge is 0.239 e. The molecule has 0 saturated carbocycles. The zero-order valence-electron chi connectivity index (χ0n) is 9.24. The first-order valence-corrected chi connectivity index (χ1v) is 5.01. The number of amides is 1. The molecule has 0 heterocycles. The predicted molar refractivity (Wildman–Crippen MR) is 55.7 cm³/mol. The number of hydrogen-bond acceptors (Lipinski definition) is 2. The van der Waals surface area contributed by atoms with Crippen LogP contribution in [0.5, 0.6) is 0 Å². The second-order valence-electron chi connectivity index (χ2n) is 3.84. The van der Waals surface area contributed by atoms with Gasteiger partial charge in [-0.1, -0.05) is 19.8 Å². The molecule has 0 aliphatic rings. The highest BCUT2D eigenvalue weighted by Crippen LogP contribution is 2.02. The summed E-state index contributed by atoms with van der Waals surface area (Å²) in [5, 5.41) is 5.88. The first-order valence-electron chi connectivity index (χ1n) is 5.01. The van der Waals surface area contributed by atoms with E-state index in [2.05, 4.69) is 17.6 Å². The topological polar surface area (TPSA) is 41.1 Å². The van der Waals surface area contributed by atoms with Gasteiger partial charge in [0, 0.05) is 7.05 Å². The van der Waals surface area contributed by atoms with Gasteiger partial charge in [0.25, 0.3) is 0 Å². The zero-order valence-corrected chi connectivity index (χ0v) is 9.24. The molecule has 0 bridgehead atoms. The Morgan fingerprint density at radius 1 is 1.31 bits per heavy atom. The fourth-order valence-electron chi connectivity index (χ4n) is 1.17. The summed E-state index contributed by atoms with van der Waals surface area (Å²) in [7, 11) is 1.66. The van der Waals surface area contributed by atoms with Crippen molar-refractivity contribution in [3.05, 3.63) is 0 Å². The van der Waals surface area contributed by atoms with E-state index in [1.807, 2.05) is 13.8 Å². The van der Waals surface area contributed by atoms with Gasteiger partial charge in [0.1, 0.15) is 0 Å². The van der Waals surface area contributed by atoms with Crippen molar-refractivity contribution in [3.8, 4) is 0 Å². The molecule has 0 atom stereocenters. The second-order valence-corrected chi connectivity index (χ2v) is 3.84. The Morgan fingerprint density at radius 3 is 2.38 bits per heavy atom. The van der Waals surface area contributed by atoms with E-state index in [9.17, 15) is 4.79 Å². The second kappa shape index (κ2) is 5.97. The molecule has 0 rings (SSSR count). The van der Waals surface area contributed by atoms with E-state index < -0.39 is 5.54 Å². The normalized spacial score (nSPS) is 11.4. The highest BCUT2D eigenvalue weighted by molar-refractivity contribution is 5.85. The first-order chi connectivity index (χ1) is 6.04. The van der Waals surface area contributed by atoms with Crippen LogP contribution < -0.4 is 10.6 Å². The summed E-state index contributed by atoms with van der Waals surface area (Å²) in [5.41, 5.74) is -0.442. The molecule has 0 saturated heterocycles. The monoisotopic (exact) mass is 186 g/mol. The van der Waals surface area contributed by atoms with Crippen molar-refractivity contribution >= 4 is 5.91 Å². The van der Waals surface area contributed by atoms with Crippen LogP contribution in [0, 0.1) is 0 Å². The van der Waals surface area contributed by atoms with Crippen molar-refractivity contribution in [1.82, 2.24) is 10.6 Å². The lowest BCUT2D eigenvalue weighted by molar-refractivity contribution is -0.125. The van der Waals surface area contributed by atoms with Crippen LogP contribution in [0.4, 0.5) is 0 Å². The highest BCUT2D eigenvalue weighted by Gasteiger charge is 2.24. The molecule has 3 nitrogen and oxygen atoms in total. The summed E-state index contributed by atoms with van der Waals surface area (Å²) < 4.78 is 0. The number of carbonyl (C=O) groups excluding carboxylic acids is 1. The van der Waals surface area contributed by atoms with Gasteiger partial charge in [-0.3, -0.25) is 4.79 Å². The summed E-state index contributed by atoms with van der Waals surface area (Å²) in [6.07, 6.45) is 3.57. The number of unbranched alkanes of at least 4 members (excludes halogenated alkanes) is 2. The maximum absolute atomic E-state index is 11.3. The molecule has 0 fully saturated rings. The molecule has 0 aromatic carbocycles. The van der Waals surface area contributed by atoms with Gasteiger partial charge >= 0.3 is 0 Å². The van der Waals surface area contributed by atoms with Gasteiger partial charge < -0.3 is 10.6 Å². The number of nitrogens with one attached hydrogen (secondary N) is 2. The molecule has 0 radical (unpaired) electrons. The van der Waals surface area contributed by atoms with E-state index in [4.69, 9.17) is 0 Å². The van der Waals surface area contributed by atoms with Crippen LogP contribution in [-0.4, -0.2) is 25.0 Å². The fraction of sp³-hybridized carbons (Fsp3) is 0.900. The van der Waals surface area contributed by atoms with Crippen LogP contribution in [0.3, 0.4) is 0 Å². The van der Waals surface area contributed by atoms with Gasteiger partial charge in [-0.2, -0.15) is 0 Å². The minimum Gasteiger partial charge on any atom is -0.358 e. The average molecular weight is 186 g/mol. The van der Waals surface area contributed by atoms with E-state index in [0.29, 0.717) is 0 Å². The summed E-state index contributed by atoms with van der Waals surface area (Å²) in [6, 6.07) is 0. The number of rotatable bonds is 6. The standard InChI is InChI=1S/C10H22N2O/c1-5-6-7-8-12-10(2,3)9(13)11-4/h12H,5-8H2,1-4H3,(H,11,13). The molecular formula is C10H22N2O. The van der Waals surface area contributed by atoms with Crippen LogP contribution in [0.1, 0.15) is 40.0 Å². The molecule has 2 N–H and O–H groups in total. The maximum atomic E-state index is 11.3. The van der Waals surface area contributed by atoms with Crippen LogP contribution in [-0.2, 0) is 4.79 Å². The molecule has 0 aromatic heterocycles. The van der Waals surface area contributed by atoms with Gasteiger partial charge in [0.2, 0.25) is 5.91 Å². The van der Waals surface area contributed by atoms with Crippen LogP contribution >= 0.6 is 0 Å². The van der Waals surface area contributed by atoms with Gasteiger partial charge in [0.05, 0.1) is 5.54 Å². The lowest BCUT2D eigenvalue weighted by Crippen LogP contribution is -2.51. The Hall–Kier alpha value is -0.570.